The fraction of sp³-hybridized carbons (Fsp3) is 0.391. The first-order valence-electron chi connectivity index (χ1n) is 10.1. The average molecular weight is 538 g/mol. The molecule has 0 bridgehead atoms. The van der Waals surface area contributed by atoms with Gasteiger partial charge in [0.1, 0.15) is 0 Å². The Kier molecular flexibility index (Phi) is 10.5. The fourth-order valence-corrected chi connectivity index (χ4v) is 4.61. The molecule has 1 aliphatic rings. The van der Waals surface area contributed by atoms with Crippen LogP contribution in [0.15, 0.2) is 64.5 Å². The molecule has 1 unspecified atom stereocenters. The Morgan fingerprint density at radius 3 is 2.73 bits per heavy atom. The van der Waals surface area contributed by atoms with Crippen molar-refractivity contribution >= 4 is 47.6 Å². The number of guanidine groups is 1. The number of amides is 1. The van der Waals surface area contributed by atoms with Crippen LogP contribution in [0.25, 0.3) is 0 Å². The van der Waals surface area contributed by atoms with E-state index in [0.717, 1.165) is 43.3 Å². The standard InChI is InChI=1S/C23H30N4OS.HI/c1-24-22(28)20-8-6-7-18(15-20)11-13-26-23(25-2)27-14-12-19(16-27)17-29-21-9-4-3-5-10-21;/h3-10,15,19H,11-14,16-17H2,1-2H3,(H,24,28)(H,25,26);1H. The molecule has 0 aromatic heterocycles. The molecule has 0 aliphatic carbocycles. The van der Waals surface area contributed by atoms with E-state index in [1.807, 2.05) is 37.0 Å². The molecular weight excluding hydrogens is 507 g/mol. The average Bonchev–Trinajstić information content (AvgIpc) is 3.24. The predicted molar refractivity (Wildman–Crippen MR) is 137 cm³/mol. The van der Waals surface area contributed by atoms with Crippen LogP contribution in [0.1, 0.15) is 22.3 Å². The van der Waals surface area contributed by atoms with E-state index in [9.17, 15) is 4.79 Å². The van der Waals surface area contributed by atoms with Crippen LogP contribution >= 0.6 is 35.7 Å². The molecule has 30 heavy (non-hydrogen) atoms. The van der Waals surface area contributed by atoms with Crippen LogP contribution in [-0.2, 0) is 6.42 Å². The van der Waals surface area contributed by atoms with Gasteiger partial charge < -0.3 is 15.5 Å². The van der Waals surface area contributed by atoms with Gasteiger partial charge in [-0.2, -0.15) is 0 Å². The van der Waals surface area contributed by atoms with E-state index < -0.39 is 0 Å². The van der Waals surface area contributed by atoms with Crippen LogP contribution < -0.4 is 10.6 Å². The largest absolute Gasteiger partial charge is 0.356 e. The van der Waals surface area contributed by atoms with Gasteiger partial charge in [0.25, 0.3) is 5.91 Å². The van der Waals surface area contributed by atoms with Crippen molar-refractivity contribution in [2.24, 2.45) is 10.9 Å². The Bertz CT molecular complexity index is 831. The Balaban J connectivity index is 0.00000320. The summed E-state index contributed by atoms with van der Waals surface area (Å²) in [5.41, 5.74) is 1.85. The summed E-state index contributed by atoms with van der Waals surface area (Å²) >= 11 is 1.94. The third-order valence-electron chi connectivity index (χ3n) is 5.14. The number of benzene rings is 2. The number of rotatable bonds is 7. The van der Waals surface area contributed by atoms with Crippen molar-refractivity contribution in [3.8, 4) is 0 Å². The molecule has 1 fully saturated rings. The molecule has 2 aromatic rings. The zero-order valence-electron chi connectivity index (χ0n) is 17.6. The molecule has 1 heterocycles. The summed E-state index contributed by atoms with van der Waals surface area (Å²) in [6, 6.07) is 18.4. The molecule has 1 aliphatic heterocycles. The van der Waals surface area contributed by atoms with Crippen molar-refractivity contribution in [3.05, 3.63) is 65.7 Å². The molecule has 2 N–H and O–H groups in total. The Morgan fingerprint density at radius 2 is 2.00 bits per heavy atom. The van der Waals surface area contributed by atoms with Crippen LogP contribution in [0.4, 0.5) is 0 Å². The van der Waals surface area contributed by atoms with E-state index in [1.165, 1.54) is 11.3 Å². The van der Waals surface area contributed by atoms with Gasteiger partial charge in [0.05, 0.1) is 0 Å². The molecule has 1 amide bonds. The number of halogens is 1. The van der Waals surface area contributed by atoms with E-state index in [0.29, 0.717) is 11.5 Å². The zero-order chi connectivity index (χ0) is 20.5. The van der Waals surface area contributed by atoms with E-state index in [-0.39, 0.29) is 29.9 Å². The quantitative estimate of drug-likeness (QED) is 0.243. The van der Waals surface area contributed by atoms with Crippen LogP contribution in [0, 0.1) is 5.92 Å². The number of carbonyl (C=O) groups excluding carboxylic acids is 1. The van der Waals surface area contributed by atoms with Crippen LogP contribution in [0.2, 0.25) is 0 Å². The third kappa shape index (κ3) is 7.19. The summed E-state index contributed by atoms with van der Waals surface area (Å²) < 4.78 is 0. The molecule has 162 valence electrons. The number of likely N-dealkylation sites (tertiary alicyclic amines) is 1. The number of hydrogen-bond acceptors (Lipinski definition) is 3. The van der Waals surface area contributed by atoms with Gasteiger partial charge >= 0.3 is 0 Å². The van der Waals surface area contributed by atoms with E-state index in [4.69, 9.17) is 0 Å². The first-order valence-corrected chi connectivity index (χ1v) is 11.1. The van der Waals surface area contributed by atoms with Crippen molar-refractivity contribution in [1.29, 1.82) is 0 Å². The Morgan fingerprint density at radius 1 is 1.20 bits per heavy atom. The molecule has 7 heteroatoms. The summed E-state index contributed by atoms with van der Waals surface area (Å²) in [6.45, 7) is 2.89. The molecule has 0 radical (unpaired) electrons. The van der Waals surface area contributed by atoms with Crippen molar-refractivity contribution in [3.63, 3.8) is 0 Å². The second kappa shape index (κ2) is 12.8. The first kappa shape index (κ1) is 24.5. The smallest absolute Gasteiger partial charge is 0.251 e. The topological polar surface area (TPSA) is 56.7 Å². The summed E-state index contributed by atoms with van der Waals surface area (Å²) in [5, 5.41) is 6.16. The number of carbonyl (C=O) groups is 1. The minimum Gasteiger partial charge on any atom is -0.356 e. The monoisotopic (exact) mass is 538 g/mol. The van der Waals surface area contributed by atoms with Crippen molar-refractivity contribution in [2.75, 3.05) is 39.5 Å². The number of nitrogens with one attached hydrogen (secondary N) is 2. The summed E-state index contributed by atoms with van der Waals surface area (Å²) in [4.78, 5) is 20.0. The zero-order valence-corrected chi connectivity index (χ0v) is 20.8. The van der Waals surface area contributed by atoms with E-state index in [1.54, 1.807) is 7.05 Å². The van der Waals surface area contributed by atoms with Crippen LogP contribution in [-0.4, -0.2) is 56.2 Å². The van der Waals surface area contributed by atoms with Gasteiger partial charge in [-0.1, -0.05) is 30.3 Å². The second-order valence-corrected chi connectivity index (χ2v) is 8.32. The SMILES string of the molecule is CN=C(NCCc1cccc(C(=O)NC)c1)N1CCC(CSc2ccccc2)C1.I. The van der Waals surface area contributed by atoms with Gasteiger partial charge in [-0.15, -0.1) is 35.7 Å². The predicted octanol–water partition coefficient (Wildman–Crippen LogP) is 3.90. The van der Waals surface area contributed by atoms with Crippen LogP contribution in [0.5, 0.6) is 0 Å². The third-order valence-corrected chi connectivity index (χ3v) is 6.38. The summed E-state index contributed by atoms with van der Waals surface area (Å²) in [7, 11) is 3.50. The highest BCUT2D eigenvalue weighted by Gasteiger charge is 2.24. The molecule has 3 rings (SSSR count). The van der Waals surface area contributed by atoms with Gasteiger partial charge in [-0.3, -0.25) is 9.79 Å². The molecule has 2 aromatic carbocycles. The van der Waals surface area contributed by atoms with Crippen molar-refractivity contribution < 1.29 is 4.79 Å². The highest BCUT2D eigenvalue weighted by atomic mass is 127. The second-order valence-electron chi connectivity index (χ2n) is 7.23. The lowest BCUT2D eigenvalue weighted by Gasteiger charge is -2.21. The minimum absolute atomic E-state index is 0. The maximum Gasteiger partial charge on any atom is 0.251 e. The number of thioether (sulfide) groups is 1. The fourth-order valence-electron chi connectivity index (χ4n) is 3.56. The first-order chi connectivity index (χ1) is 14.2. The summed E-state index contributed by atoms with van der Waals surface area (Å²) in [5.74, 6) is 2.75. The van der Waals surface area contributed by atoms with Crippen molar-refractivity contribution in [1.82, 2.24) is 15.5 Å². The maximum absolute atomic E-state index is 11.8. The molecule has 5 nitrogen and oxygen atoms in total. The van der Waals surface area contributed by atoms with Gasteiger partial charge in [-0.25, -0.2) is 0 Å². The Labute approximate surface area is 201 Å². The maximum atomic E-state index is 11.8. The van der Waals surface area contributed by atoms with Gasteiger partial charge in [0.2, 0.25) is 0 Å². The lowest BCUT2D eigenvalue weighted by molar-refractivity contribution is 0.0963. The number of aliphatic imine (C=N–C) groups is 1. The van der Waals surface area contributed by atoms with Gasteiger partial charge in [0.15, 0.2) is 5.96 Å². The van der Waals surface area contributed by atoms with Gasteiger partial charge in [-0.05, 0) is 48.6 Å². The highest BCUT2D eigenvalue weighted by molar-refractivity contribution is 14.0. The van der Waals surface area contributed by atoms with Gasteiger partial charge in [0, 0.05) is 49.9 Å². The molecule has 0 spiro atoms. The van der Waals surface area contributed by atoms with Crippen LogP contribution in [0.3, 0.4) is 0 Å². The number of nitrogens with zero attached hydrogens (tertiary/aromatic N) is 2. The molecule has 1 atom stereocenters. The molecule has 1 saturated heterocycles. The minimum atomic E-state index is -0.0490. The van der Waals surface area contributed by atoms with E-state index >= 15 is 0 Å². The molecular formula is C23H31IN4OS. The lowest BCUT2D eigenvalue weighted by atomic mass is 10.1. The summed E-state index contributed by atoms with van der Waals surface area (Å²) in [6.07, 6.45) is 2.06. The lowest BCUT2D eigenvalue weighted by Crippen LogP contribution is -2.41. The van der Waals surface area contributed by atoms with Crippen molar-refractivity contribution in [2.45, 2.75) is 17.7 Å². The molecule has 0 saturated carbocycles. The highest BCUT2D eigenvalue weighted by Crippen LogP contribution is 2.25. The number of hydrogen-bond donors (Lipinski definition) is 2. The van der Waals surface area contributed by atoms with E-state index in [2.05, 4.69) is 56.9 Å². The normalized spacial score (nSPS) is 16.1. The Hall–Kier alpha value is -1.74.